The predicted octanol–water partition coefficient (Wildman–Crippen LogP) is 4.03. The molecule has 1 fully saturated rings. The summed E-state index contributed by atoms with van der Waals surface area (Å²) in [6, 6.07) is 15.3. The first kappa shape index (κ1) is 21.7. The van der Waals surface area contributed by atoms with E-state index in [1.54, 1.807) is 19.1 Å². The summed E-state index contributed by atoms with van der Waals surface area (Å²) < 4.78 is 5.66. The van der Waals surface area contributed by atoms with Gasteiger partial charge in [0.05, 0.1) is 12.6 Å². The van der Waals surface area contributed by atoms with E-state index < -0.39 is 0 Å². The third-order valence-corrected chi connectivity index (χ3v) is 5.40. The van der Waals surface area contributed by atoms with Gasteiger partial charge in [0.15, 0.2) is 0 Å². The van der Waals surface area contributed by atoms with Crippen molar-refractivity contribution in [1.82, 2.24) is 4.90 Å². The number of hydrogen-bond donors (Lipinski definition) is 1. The largest absolute Gasteiger partial charge is 0.493 e. The number of hydrogen-bond acceptors (Lipinski definition) is 4. The van der Waals surface area contributed by atoms with Crippen LogP contribution in [0.1, 0.15) is 37.6 Å². The van der Waals surface area contributed by atoms with Crippen LogP contribution in [0.2, 0.25) is 0 Å². The summed E-state index contributed by atoms with van der Waals surface area (Å²) in [5.41, 5.74) is 2.44. The van der Waals surface area contributed by atoms with E-state index in [1.165, 1.54) is 0 Å². The first-order chi connectivity index (χ1) is 14.3. The molecule has 3 rings (SSSR count). The standard InChI is InChI=1S/C24H31N3O3/c1-17(2)16-30-23-11-5-19(6-12-23)24(29)25-20-7-9-21(10-8-20)27-14-13-22(15-27)26(4)18(3)28/h5-12,17,22H,13-16H2,1-4H3,(H,25,29). The maximum Gasteiger partial charge on any atom is 0.255 e. The van der Waals surface area contributed by atoms with Gasteiger partial charge in [-0.25, -0.2) is 0 Å². The number of nitrogens with one attached hydrogen (secondary N) is 1. The van der Waals surface area contributed by atoms with Crippen molar-refractivity contribution in [2.45, 2.75) is 33.2 Å². The van der Waals surface area contributed by atoms with Crippen molar-refractivity contribution < 1.29 is 14.3 Å². The zero-order valence-corrected chi connectivity index (χ0v) is 18.2. The predicted molar refractivity (Wildman–Crippen MR) is 120 cm³/mol. The molecule has 0 aliphatic carbocycles. The van der Waals surface area contributed by atoms with E-state index in [0.717, 1.165) is 36.6 Å². The molecule has 6 heteroatoms. The second kappa shape index (κ2) is 9.65. The van der Waals surface area contributed by atoms with E-state index in [2.05, 4.69) is 24.1 Å². The van der Waals surface area contributed by atoms with Crippen LogP contribution in [0.4, 0.5) is 11.4 Å². The molecule has 1 saturated heterocycles. The van der Waals surface area contributed by atoms with Crippen LogP contribution in [0, 0.1) is 5.92 Å². The summed E-state index contributed by atoms with van der Waals surface area (Å²) in [5, 5.41) is 2.94. The van der Waals surface area contributed by atoms with Crippen molar-refractivity contribution in [3.05, 3.63) is 54.1 Å². The number of benzene rings is 2. The van der Waals surface area contributed by atoms with Gasteiger partial charge >= 0.3 is 0 Å². The van der Waals surface area contributed by atoms with Crippen LogP contribution in [0.15, 0.2) is 48.5 Å². The summed E-state index contributed by atoms with van der Waals surface area (Å²) in [6.07, 6.45) is 0.964. The number of carbonyl (C=O) groups is 2. The highest BCUT2D eigenvalue weighted by atomic mass is 16.5. The first-order valence-electron chi connectivity index (χ1n) is 10.5. The second-order valence-electron chi connectivity index (χ2n) is 8.25. The van der Waals surface area contributed by atoms with Gasteiger partial charge < -0.3 is 19.9 Å². The fraction of sp³-hybridized carbons (Fsp3) is 0.417. The molecule has 6 nitrogen and oxygen atoms in total. The topological polar surface area (TPSA) is 61.9 Å². The van der Waals surface area contributed by atoms with Gasteiger partial charge in [0.1, 0.15) is 5.75 Å². The Morgan fingerprint density at radius 2 is 1.80 bits per heavy atom. The van der Waals surface area contributed by atoms with Crippen molar-refractivity contribution in [2.75, 3.05) is 37.0 Å². The van der Waals surface area contributed by atoms with E-state index in [1.807, 2.05) is 48.3 Å². The molecule has 1 heterocycles. The number of nitrogens with zero attached hydrogens (tertiary/aromatic N) is 2. The highest BCUT2D eigenvalue weighted by molar-refractivity contribution is 6.04. The Balaban J connectivity index is 1.55. The maximum atomic E-state index is 12.5. The second-order valence-corrected chi connectivity index (χ2v) is 8.25. The molecular formula is C24H31N3O3. The third-order valence-electron chi connectivity index (χ3n) is 5.40. The summed E-state index contributed by atoms with van der Waals surface area (Å²) >= 11 is 0. The lowest BCUT2D eigenvalue weighted by Crippen LogP contribution is -2.37. The Hall–Kier alpha value is -3.02. The molecule has 0 aromatic heterocycles. The molecular weight excluding hydrogens is 378 g/mol. The van der Waals surface area contributed by atoms with E-state index in [0.29, 0.717) is 18.1 Å². The molecule has 1 unspecified atom stereocenters. The van der Waals surface area contributed by atoms with Crippen molar-refractivity contribution in [3.8, 4) is 5.75 Å². The van der Waals surface area contributed by atoms with Gasteiger partial charge in [-0.2, -0.15) is 0 Å². The van der Waals surface area contributed by atoms with Gasteiger partial charge in [-0.3, -0.25) is 9.59 Å². The minimum Gasteiger partial charge on any atom is -0.493 e. The minimum absolute atomic E-state index is 0.0967. The third kappa shape index (κ3) is 5.53. The Morgan fingerprint density at radius 1 is 1.13 bits per heavy atom. The quantitative estimate of drug-likeness (QED) is 0.750. The van der Waals surface area contributed by atoms with E-state index in [9.17, 15) is 9.59 Å². The highest BCUT2D eigenvalue weighted by Crippen LogP contribution is 2.24. The summed E-state index contributed by atoms with van der Waals surface area (Å²) in [5.74, 6) is 1.17. The van der Waals surface area contributed by atoms with Crippen LogP contribution in [-0.4, -0.2) is 49.5 Å². The Bertz CT molecular complexity index is 862. The number of anilines is 2. The Morgan fingerprint density at radius 3 is 2.40 bits per heavy atom. The molecule has 1 atom stereocenters. The van der Waals surface area contributed by atoms with Crippen LogP contribution in [0.25, 0.3) is 0 Å². The summed E-state index contributed by atoms with van der Waals surface area (Å²) in [4.78, 5) is 28.2. The van der Waals surface area contributed by atoms with E-state index in [4.69, 9.17) is 4.74 Å². The fourth-order valence-corrected chi connectivity index (χ4v) is 3.47. The van der Waals surface area contributed by atoms with Crippen LogP contribution in [0.3, 0.4) is 0 Å². The molecule has 160 valence electrons. The Kier molecular flexibility index (Phi) is 6.98. The molecule has 2 amide bonds. The van der Waals surface area contributed by atoms with Crippen LogP contribution in [-0.2, 0) is 4.79 Å². The van der Waals surface area contributed by atoms with Gasteiger partial charge in [0.2, 0.25) is 5.91 Å². The van der Waals surface area contributed by atoms with Crippen molar-refractivity contribution in [2.24, 2.45) is 5.92 Å². The van der Waals surface area contributed by atoms with Crippen molar-refractivity contribution in [1.29, 1.82) is 0 Å². The molecule has 0 saturated carbocycles. The van der Waals surface area contributed by atoms with Gasteiger partial charge in [0, 0.05) is 44.0 Å². The molecule has 0 bridgehead atoms. The molecule has 2 aromatic carbocycles. The molecule has 0 radical (unpaired) electrons. The van der Waals surface area contributed by atoms with Gasteiger partial charge in [-0.1, -0.05) is 13.8 Å². The number of carbonyl (C=O) groups excluding carboxylic acids is 2. The van der Waals surface area contributed by atoms with E-state index in [-0.39, 0.29) is 17.9 Å². The smallest absolute Gasteiger partial charge is 0.255 e. The lowest BCUT2D eigenvalue weighted by atomic mass is 10.2. The average Bonchev–Trinajstić information content (AvgIpc) is 3.22. The maximum absolute atomic E-state index is 12.5. The van der Waals surface area contributed by atoms with Crippen LogP contribution < -0.4 is 15.0 Å². The van der Waals surface area contributed by atoms with E-state index >= 15 is 0 Å². The number of rotatable bonds is 7. The van der Waals surface area contributed by atoms with Gasteiger partial charge in [-0.05, 0) is 60.9 Å². The Labute approximate surface area is 178 Å². The lowest BCUT2D eigenvalue weighted by molar-refractivity contribution is -0.129. The van der Waals surface area contributed by atoms with Crippen LogP contribution >= 0.6 is 0 Å². The zero-order valence-electron chi connectivity index (χ0n) is 18.2. The summed E-state index contributed by atoms with van der Waals surface area (Å²) in [6.45, 7) is 8.19. The average molecular weight is 410 g/mol. The number of amides is 2. The molecule has 1 N–H and O–H groups in total. The normalized spacial score (nSPS) is 15.9. The van der Waals surface area contributed by atoms with Crippen LogP contribution in [0.5, 0.6) is 5.75 Å². The summed E-state index contributed by atoms with van der Waals surface area (Å²) in [7, 11) is 1.86. The zero-order chi connectivity index (χ0) is 21.7. The highest BCUT2D eigenvalue weighted by Gasteiger charge is 2.27. The number of ether oxygens (including phenoxy) is 1. The molecule has 1 aliphatic heterocycles. The van der Waals surface area contributed by atoms with Gasteiger partial charge in [0.25, 0.3) is 5.91 Å². The monoisotopic (exact) mass is 409 g/mol. The van der Waals surface area contributed by atoms with Crippen molar-refractivity contribution in [3.63, 3.8) is 0 Å². The first-order valence-corrected chi connectivity index (χ1v) is 10.5. The van der Waals surface area contributed by atoms with Gasteiger partial charge in [-0.15, -0.1) is 0 Å². The minimum atomic E-state index is -0.150. The molecule has 30 heavy (non-hydrogen) atoms. The molecule has 1 aliphatic rings. The fourth-order valence-electron chi connectivity index (χ4n) is 3.47. The van der Waals surface area contributed by atoms with Crippen molar-refractivity contribution >= 4 is 23.2 Å². The molecule has 2 aromatic rings. The molecule has 0 spiro atoms. The SMILES string of the molecule is CC(=O)N(C)C1CCN(c2ccc(NC(=O)c3ccc(OCC(C)C)cc3)cc2)C1. The number of likely N-dealkylation sites (N-methyl/N-ethyl adjacent to an activating group) is 1. The lowest BCUT2D eigenvalue weighted by Gasteiger charge is -2.24.